The van der Waals surface area contributed by atoms with Gasteiger partial charge in [0.1, 0.15) is 0 Å². The molecule has 0 aliphatic carbocycles. The van der Waals surface area contributed by atoms with Gasteiger partial charge in [-0.3, -0.25) is 14.6 Å². The summed E-state index contributed by atoms with van der Waals surface area (Å²) in [5.41, 5.74) is 5.36. The number of hydrogen-bond donors (Lipinski definition) is 2. The standard InChI is InChI=1S/C16H32N4O2/c1-13-3-5-18(6-4-13)11-15(21)12-19-7-9-20(10-8-19)14(2)16(17)22/h13-15,21H,3-12H2,1-2H3,(H2,17,22). The Morgan fingerprint density at radius 2 is 1.59 bits per heavy atom. The van der Waals surface area contributed by atoms with E-state index in [4.69, 9.17) is 5.73 Å². The molecule has 22 heavy (non-hydrogen) atoms. The first kappa shape index (κ1) is 17.7. The van der Waals surface area contributed by atoms with Gasteiger partial charge in [-0.2, -0.15) is 0 Å². The zero-order valence-electron chi connectivity index (χ0n) is 14.1. The normalized spacial score (nSPS) is 26.0. The molecule has 2 aliphatic heterocycles. The van der Waals surface area contributed by atoms with Crippen LogP contribution in [0.3, 0.4) is 0 Å². The van der Waals surface area contributed by atoms with Crippen molar-refractivity contribution in [2.75, 3.05) is 52.4 Å². The molecule has 0 saturated carbocycles. The first-order chi connectivity index (χ1) is 10.5. The number of hydrogen-bond acceptors (Lipinski definition) is 5. The number of carbonyl (C=O) groups excluding carboxylic acids is 1. The highest BCUT2D eigenvalue weighted by molar-refractivity contribution is 5.79. The predicted octanol–water partition coefficient (Wildman–Crippen LogP) is -0.429. The van der Waals surface area contributed by atoms with E-state index in [0.717, 1.165) is 58.3 Å². The third kappa shape index (κ3) is 5.19. The fraction of sp³-hybridized carbons (Fsp3) is 0.938. The average Bonchev–Trinajstić information content (AvgIpc) is 2.49. The summed E-state index contributed by atoms with van der Waals surface area (Å²) in [6.07, 6.45) is 2.21. The molecule has 6 nitrogen and oxygen atoms in total. The highest BCUT2D eigenvalue weighted by Gasteiger charge is 2.25. The molecule has 2 fully saturated rings. The number of nitrogens with two attached hydrogens (primary N) is 1. The van der Waals surface area contributed by atoms with Gasteiger partial charge in [-0.25, -0.2) is 0 Å². The zero-order chi connectivity index (χ0) is 16.1. The fourth-order valence-electron chi connectivity index (χ4n) is 3.41. The number of aliphatic hydroxyl groups excluding tert-OH is 1. The van der Waals surface area contributed by atoms with E-state index < -0.39 is 0 Å². The Bertz CT molecular complexity index is 350. The predicted molar refractivity (Wildman–Crippen MR) is 87.5 cm³/mol. The molecule has 2 rings (SSSR count). The minimum Gasteiger partial charge on any atom is -0.390 e. The van der Waals surface area contributed by atoms with Gasteiger partial charge >= 0.3 is 0 Å². The number of nitrogens with zero attached hydrogens (tertiary/aromatic N) is 3. The molecule has 2 atom stereocenters. The molecule has 6 heteroatoms. The summed E-state index contributed by atoms with van der Waals surface area (Å²) in [6, 6.07) is -0.192. The van der Waals surface area contributed by atoms with Crippen molar-refractivity contribution in [1.82, 2.24) is 14.7 Å². The first-order valence-corrected chi connectivity index (χ1v) is 8.62. The Hall–Kier alpha value is -0.690. The summed E-state index contributed by atoms with van der Waals surface area (Å²) in [5, 5.41) is 10.3. The SMILES string of the molecule is CC1CCN(CC(O)CN2CCN(C(C)C(N)=O)CC2)CC1. The first-order valence-electron chi connectivity index (χ1n) is 8.62. The van der Waals surface area contributed by atoms with Crippen molar-refractivity contribution in [2.45, 2.75) is 38.8 Å². The van der Waals surface area contributed by atoms with E-state index in [1.807, 2.05) is 6.92 Å². The van der Waals surface area contributed by atoms with Crippen molar-refractivity contribution < 1.29 is 9.90 Å². The Kier molecular flexibility index (Phi) is 6.62. The van der Waals surface area contributed by atoms with Gasteiger partial charge in [0, 0.05) is 39.3 Å². The Labute approximate surface area is 134 Å². The number of piperidine rings is 1. The molecule has 3 N–H and O–H groups in total. The quantitative estimate of drug-likeness (QED) is 0.696. The summed E-state index contributed by atoms with van der Waals surface area (Å²) < 4.78 is 0. The molecule has 2 unspecified atom stereocenters. The molecule has 0 aromatic carbocycles. The average molecular weight is 312 g/mol. The molecule has 0 aromatic rings. The van der Waals surface area contributed by atoms with Crippen molar-refractivity contribution in [3.8, 4) is 0 Å². The van der Waals surface area contributed by atoms with Gasteiger partial charge in [0.2, 0.25) is 5.91 Å². The summed E-state index contributed by atoms with van der Waals surface area (Å²) in [5.74, 6) is 0.571. The second-order valence-electron chi connectivity index (χ2n) is 7.05. The van der Waals surface area contributed by atoms with E-state index in [9.17, 15) is 9.90 Å². The maximum Gasteiger partial charge on any atom is 0.234 e. The molecule has 0 radical (unpaired) electrons. The molecular weight excluding hydrogens is 280 g/mol. The Morgan fingerprint density at radius 1 is 1.09 bits per heavy atom. The molecule has 1 amide bonds. The van der Waals surface area contributed by atoms with Crippen molar-refractivity contribution in [1.29, 1.82) is 0 Å². The zero-order valence-corrected chi connectivity index (χ0v) is 14.1. The van der Waals surface area contributed by atoms with Gasteiger partial charge < -0.3 is 15.7 Å². The molecule has 2 saturated heterocycles. The number of likely N-dealkylation sites (tertiary alicyclic amines) is 1. The minimum absolute atomic E-state index is 0.192. The van der Waals surface area contributed by atoms with Crippen LogP contribution in [0.2, 0.25) is 0 Å². The third-order valence-corrected chi connectivity index (χ3v) is 5.18. The van der Waals surface area contributed by atoms with Gasteiger partial charge in [-0.05, 0) is 38.8 Å². The smallest absolute Gasteiger partial charge is 0.234 e. The number of carbonyl (C=O) groups is 1. The van der Waals surface area contributed by atoms with Crippen LogP contribution in [0.25, 0.3) is 0 Å². The number of primary amides is 1. The van der Waals surface area contributed by atoms with Crippen LogP contribution >= 0.6 is 0 Å². The molecule has 2 aliphatic rings. The molecule has 128 valence electrons. The van der Waals surface area contributed by atoms with E-state index >= 15 is 0 Å². The van der Waals surface area contributed by atoms with E-state index in [0.29, 0.717) is 0 Å². The van der Waals surface area contributed by atoms with E-state index in [-0.39, 0.29) is 18.1 Å². The van der Waals surface area contributed by atoms with Crippen LogP contribution in [0, 0.1) is 5.92 Å². The number of rotatable bonds is 6. The highest BCUT2D eigenvalue weighted by atomic mass is 16.3. The van der Waals surface area contributed by atoms with Crippen molar-refractivity contribution >= 4 is 5.91 Å². The number of amides is 1. The monoisotopic (exact) mass is 312 g/mol. The molecule has 2 heterocycles. The number of β-amino-alcohol motifs (C(OH)–C–C–N with tert-alkyl or cyclic N) is 1. The maximum absolute atomic E-state index is 11.2. The lowest BCUT2D eigenvalue weighted by Gasteiger charge is -2.38. The molecule has 0 spiro atoms. The summed E-state index contributed by atoms with van der Waals surface area (Å²) in [4.78, 5) is 18.0. The van der Waals surface area contributed by atoms with Gasteiger partial charge in [-0.1, -0.05) is 6.92 Å². The fourth-order valence-corrected chi connectivity index (χ4v) is 3.41. The van der Waals surface area contributed by atoms with Crippen molar-refractivity contribution in [2.24, 2.45) is 11.7 Å². The lowest BCUT2D eigenvalue weighted by molar-refractivity contribution is -0.123. The topological polar surface area (TPSA) is 73.0 Å². The van der Waals surface area contributed by atoms with E-state index in [2.05, 4.69) is 21.6 Å². The molecule has 0 bridgehead atoms. The number of piperazine rings is 1. The maximum atomic E-state index is 11.2. The van der Waals surface area contributed by atoms with E-state index in [1.54, 1.807) is 0 Å². The van der Waals surface area contributed by atoms with Crippen molar-refractivity contribution in [3.05, 3.63) is 0 Å². The molecule has 0 aromatic heterocycles. The van der Waals surface area contributed by atoms with Crippen LogP contribution in [-0.2, 0) is 4.79 Å². The Morgan fingerprint density at radius 3 is 2.09 bits per heavy atom. The summed E-state index contributed by atoms with van der Waals surface area (Å²) in [6.45, 7) is 11.4. The van der Waals surface area contributed by atoms with Crippen LogP contribution in [0.4, 0.5) is 0 Å². The minimum atomic E-state index is -0.284. The van der Waals surface area contributed by atoms with Gasteiger partial charge in [0.15, 0.2) is 0 Å². The van der Waals surface area contributed by atoms with Crippen LogP contribution < -0.4 is 5.73 Å². The van der Waals surface area contributed by atoms with Gasteiger partial charge in [-0.15, -0.1) is 0 Å². The lowest BCUT2D eigenvalue weighted by Crippen LogP contribution is -2.54. The van der Waals surface area contributed by atoms with Crippen LogP contribution in [0.1, 0.15) is 26.7 Å². The second-order valence-corrected chi connectivity index (χ2v) is 7.05. The van der Waals surface area contributed by atoms with Gasteiger partial charge in [0.05, 0.1) is 12.1 Å². The summed E-state index contributed by atoms with van der Waals surface area (Å²) in [7, 11) is 0. The van der Waals surface area contributed by atoms with Crippen LogP contribution in [0.5, 0.6) is 0 Å². The second kappa shape index (κ2) is 8.24. The largest absolute Gasteiger partial charge is 0.390 e. The van der Waals surface area contributed by atoms with Crippen molar-refractivity contribution in [3.63, 3.8) is 0 Å². The molecular formula is C16H32N4O2. The number of aliphatic hydroxyl groups is 1. The third-order valence-electron chi connectivity index (χ3n) is 5.18. The van der Waals surface area contributed by atoms with Crippen LogP contribution in [-0.4, -0.2) is 90.2 Å². The summed E-state index contributed by atoms with van der Waals surface area (Å²) >= 11 is 0. The Balaban J connectivity index is 1.66. The van der Waals surface area contributed by atoms with Crippen LogP contribution in [0.15, 0.2) is 0 Å². The van der Waals surface area contributed by atoms with Gasteiger partial charge in [0.25, 0.3) is 0 Å². The highest BCUT2D eigenvalue weighted by Crippen LogP contribution is 2.16. The van der Waals surface area contributed by atoms with E-state index in [1.165, 1.54) is 12.8 Å². The lowest BCUT2D eigenvalue weighted by atomic mass is 9.99.